The first-order valence-electron chi connectivity index (χ1n) is 6.80. The topological polar surface area (TPSA) is 15.3 Å². The highest BCUT2D eigenvalue weighted by Gasteiger charge is 2.14. The van der Waals surface area contributed by atoms with Crippen LogP contribution >= 0.6 is 0 Å². The molecule has 0 radical (unpaired) electrons. The lowest BCUT2D eigenvalue weighted by Crippen LogP contribution is -2.18. The Morgan fingerprint density at radius 3 is 2.55 bits per heavy atom. The van der Waals surface area contributed by atoms with Gasteiger partial charge in [0, 0.05) is 24.5 Å². The van der Waals surface area contributed by atoms with E-state index in [1.165, 1.54) is 11.6 Å². The predicted molar refractivity (Wildman–Crippen MR) is 83.1 cm³/mol. The zero-order valence-electron chi connectivity index (χ0n) is 12.4. The van der Waals surface area contributed by atoms with Gasteiger partial charge in [-0.05, 0) is 62.4 Å². The summed E-state index contributed by atoms with van der Waals surface area (Å²) in [6, 6.07) is 13.3. The molecule has 1 atom stereocenters. The Hall–Kier alpha value is -1.87. The van der Waals surface area contributed by atoms with Crippen LogP contribution in [0.5, 0.6) is 0 Å². The highest BCUT2D eigenvalue weighted by atomic mass is 19.1. The van der Waals surface area contributed by atoms with Crippen molar-refractivity contribution >= 4 is 11.4 Å². The van der Waals surface area contributed by atoms with Gasteiger partial charge in [0.1, 0.15) is 5.82 Å². The Bertz CT molecular complexity index is 595. The van der Waals surface area contributed by atoms with Crippen molar-refractivity contribution in [1.29, 1.82) is 0 Å². The van der Waals surface area contributed by atoms with Gasteiger partial charge in [-0.3, -0.25) is 0 Å². The van der Waals surface area contributed by atoms with Crippen molar-refractivity contribution in [3.8, 4) is 0 Å². The maximum atomic E-state index is 13.5. The maximum absolute atomic E-state index is 13.5. The van der Waals surface area contributed by atoms with Crippen molar-refractivity contribution in [1.82, 2.24) is 5.32 Å². The molecule has 1 unspecified atom stereocenters. The first-order chi connectivity index (χ1) is 9.52. The van der Waals surface area contributed by atoms with E-state index in [9.17, 15) is 4.39 Å². The van der Waals surface area contributed by atoms with E-state index < -0.39 is 0 Å². The summed E-state index contributed by atoms with van der Waals surface area (Å²) in [4.78, 5) is 2.09. The summed E-state index contributed by atoms with van der Waals surface area (Å²) in [5, 5.41) is 3.17. The lowest BCUT2D eigenvalue weighted by Gasteiger charge is -2.25. The molecule has 20 heavy (non-hydrogen) atoms. The van der Waals surface area contributed by atoms with Crippen molar-refractivity contribution in [3.05, 3.63) is 59.4 Å². The van der Waals surface area contributed by atoms with Crippen LogP contribution in [0, 0.1) is 12.7 Å². The Labute approximate surface area is 120 Å². The fraction of sp³-hybridized carbons (Fsp3) is 0.294. The monoisotopic (exact) mass is 272 g/mol. The first-order valence-corrected chi connectivity index (χ1v) is 6.80. The third-order valence-electron chi connectivity index (χ3n) is 3.64. The smallest absolute Gasteiger partial charge is 0.123 e. The molecule has 0 fully saturated rings. The molecule has 0 spiro atoms. The Balaban J connectivity index is 2.46. The van der Waals surface area contributed by atoms with Gasteiger partial charge in [0.25, 0.3) is 0 Å². The number of nitrogens with one attached hydrogen (secondary N) is 1. The highest BCUT2D eigenvalue weighted by molar-refractivity contribution is 5.66. The third-order valence-corrected chi connectivity index (χ3v) is 3.64. The van der Waals surface area contributed by atoms with E-state index in [0.29, 0.717) is 0 Å². The van der Waals surface area contributed by atoms with Gasteiger partial charge in [-0.15, -0.1) is 0 Å². The molecule has 0 aliphatic rings. The van der Waals surface area contributed by atoms with E-state index >= 15 is 0 Å². The summed E-state index contributed by atoms with van der Waals surface area (Å²) in [7, 11) is 3.89. The molecule has 0 aliphatic heterocycles. The lowest BCUT2D eigenvalue weighted by molar-refractivity contribution is 0.608. The van der Waals surface area contributed by atoms with Gasteiger partial charge in [-0.25, -0.2) is 4.39 Å². The van der Waals surface area contributed by atoms with E-state index in [2.05, 4.69) is 35.3 Å². The zero-order chi connectivity index (χ0) is 14.7. The lowest BCUT2D eigenvalue weighted by atomic mass is 10.0. The summed E-state index contributed by atoms with van der Waals surface area (Å²) < 4.78 is 13.5. The quantitative estimate of drug-likeness (QED) is 0.898. The zero-order valence-corrected chi connectivity index (χ0v) is 12.4. The van der Waals surface area contributed by atoms with E-state index in [4.69, 9.17) is 0 Å². The number of hydrogen-bond acceptors (Lipinski definition) is 2. The Kier molecular flexibility index (Phi) is 4.40. The molecule has 3 heteroatoms. The largest absolute Gasteiger partial charge is 0.344 e. The number of halogens is 1. The molecule has 0 aromatic heterocycles. The molecule has 106 valence electrons. The molecule has 0 aliphatic carbocycles. The van der Waals surface area contributed by atoms with Gasteiger partial charge in [0.15, 0.2) is 0 Å². The van der Waals surface area contributed by atoms with Crippen molar-refractivity contribution in [2.45, 2.75) is 19.9 Å². The van der Waals surface area contributed by atoms with Crippen LogP contribution in [0.3, 0.4) is 0 Å². The van der Waals surface area contributed by atoms with Crippen LogP contribution in [0.25, 0.3) is 0 Å². The molecule has 0 saturated heterocycles. The average molecular weight is 272 g/mol. The molecule has 0 bridgehead atoms. The molecule has 0 heterocycles. The van der Waals surface area contributed by atoms with Crippen LogP contribution in [0.2, 0.25) is 0 Å². The third kappa shape index (κ3) is 2.99. The number of aryl methyl sites for hydroxylation is 1. The second-order valence-corrected chi connectivity index (χ2v) is 5.11. The van der Waals surface area contributed by atoms with Gasteiger partial charge in [-0.1, -0.05) is 12.1 Å². The highest BCUT2D eigenvalue weighted by Crippen LogP contribution is 2.31. The standard InChI is InChI=1S/C17H21FN2/c1-12-6-5-7-15(10-12)20(4)17-9-8-14(18)11-16(17)13(2)19-3/h5-11,13,19H,1-4H3. The summed E-state index contributed by atoms with van der Waals surface area (Å²) >= 11 is 0. The maximum Gasteiger partial charge on any atom is 0.123 e. The molecular weight excluding hydrogens is 251 g/mol. The van der Waals surface area contributed by atoms with Gasteiger partial charge < -0.3 is 10.2 Å². The van der Waals surface area contributed by atoms with Crippen molar-refractivity contribution in [2.75, 3.05) is 19.0 Å². The van der Waals surface area contributed by atoms with Crippen molar-refractivity contribution in [2.24, 2.45) is 0 Å². The number of nitrogens with zero attached hydrogens (tertiary/aromatic N) is 1. The minimum Gasteiger partial charge on any atom is -0.344 e. The van der Waals surface area contributed by atoms with Crippen molar-refractivity contribution < 1.29 is 4.39 Å². The molecule has 1 N–H and O–H groups in total. The van der Waals surface area contributed by atoms with Crippen LogP contribution in [0.1, 0.15) is 24.1 Å². The Morgan fingerprint density at radius 2 is 1.90 bits per heavy atom. The van der Waals surface area contributed by atoms with E-state index in [1.54, 1.807) is 6.07 Å². The fourth-order valence-corrected chi connectivity index (χ4v) is 2.31. The van der Waals surface area contributed by atoms with Crippen LogP contribution in [-0.2, 0) is 0 Å². The minimum atomic E-state index is -0.205. The van der Waals surface area contributed by atoms with Crippen molar-refractivity contribution in [3.63, 3.8) is 0 Å². The van der Waals surface area contributed by atoms with E-state index in [1.807, 2.05) is 33.2 Å². The SMILES string of the molecule is CNC(C)c1cc(F)ccc1N(C)c1cccc(C)c1. The summed E-state index contributed by atoms with van der Waals surface area (Å²) in [6.07, 6.45) is 0. The number of anilines is 2. The second kappa shape index (κ2) is 6.06. The van der Waals surface area contributed by atoms with Crippen LogP contribution < -0.4 is 10.2 Å². The van der Waals surface area contributed by atoms with Gasteiger partial charge >= 0.3 is 0 Å². The molecule has 2 aromatic carbocycles. The molecular formula is C17H21FN2. The fourth-order valence-electron chi connectivity index (χ4n) is 2.31. The summed E-state index contributed by atoms with van der Waals surface area (Å²) in [5.41, 5.74) is 4.27. The average Bonchev–Trinajstić information content (AvgIpc) is 2.45. The molecule has 2 rings (SSSR count). The number of benzene rings is 2. The normalized spacial score (nSPS) is 12.2. The summed E-state index contributed by atoms with van der Waals surface area (Å²) in [5.74, 6) is -0.205. The van der Waals surface area contributed by atoms with Gasteiger partial charge in [0.2, 0.25) is 0 Å². The van der Waals surface area contributed by atoms with Crippen LogP contribution in [0.4, 0.5) is 15.8 Å². The summed E-state index contributed by atoms with van der Waals surface area (Å²) in [6.45, 7) is 4.10. The van der Waals surface area contributed by atoms with E-state index in [0.717, 1.165) is 16.9 Å². The molecule has 2 nitrogen and oxygen atoms in total. The molecule has 2 aromatic rings. The predicted octanol–water partition coefficient (Wildman–Crippen LogP) is 4.18. The Morgan fingerprint density at radius 1 is 1.15 bits per heavy atom. The van der Waals surface area contributed by atoms with Gasteiger partial charge in [0.05, 0.1) is 0 Å². The van der Waals surface area contributed by atoms with E-state index in [-0.39, 0.29) is 11.9 Å². The minimum absolute atomic E-state index is 0.0907. The van der Waals surface area contributed by atoms with Gasteiger partial charge in [-0.2, -0.15) is 0 Å². The van der Waals surface area contributed by atoms with Crippen LogP contribution in [0.15, 0.2) is 42.5 Å². The molecule has 0 saturated carbocycles. The first kappa shape index (κ1) is 14.5. The number of hydrogen-bond donors (Lipinski definition) is 1. The number of rotatable bonds is 4. The second-order valence-electron chi connectivity index (χ2n) is 5.11. The molecule has 0 amide bonds. The van der Waals surface area contributed by atoms with Crippen LogP contribution in [-0.4, -0.2) is 14.1 Å².